The highest BCUT2D eigenvalue weighted by Crippen LogP contribution is 2.46. The Morgan fingerprint density at radius 3 is 2.84 bits per heavy atom. The predicted molar refractivity (Wildman–Crippen MR) is 96.2 cm³/mol. The van der Waals surface area contributed by atoms with Gasteiger partial charge in [0.25, 0.3) is 0 Å². The van der Waals surface area contributed by atoms with E-state index in [1.54, 1.807) is 42.5 Å². The maximum Gasteiger partial charge on any atom is 0.320 e. The van der Waals surface area contributed by atoms with Gasteiger partial charge in [-0.1, -0.05) is 12.1 Å². The molecule has 2 saturated heterocycles. The van der Waals surface area contributed by atoms with Crippen molar-refractivity contribution in [3.05, 3.63) is 47.2 Å². The number of fused-ring (bicyclic) bond motifs is 1. The van der Waals surface area contributed by atoms with E-state index >= 15 is 0 Å². The van der Waals surface area contributed by atoms with E-state index in [1.807, 2.05) is 22.5 Å². The molecule has 2 aromatic rings. The van der Waals surface area contributed by atoms with E-state index in [0.717, 1.165) is 23.8 Å². The summed E-state index contributed by atoms with van der Waals surface area (Å²) in [5, 5.41) is 3.01. The molecule has 3 heterocycles. The number of rotatable bonds is 2. The van der Waals surface area contributed by atoms with Crippen molar-refractivity contribution in [3.63, 3.8) is 0 Å². The van der Waals surface area contributed by atoms with Gasteiger partial charge in [0, 0.05) is 57.1 Å². The fourth-order valence-corrected chi connectivity index (χ4v) is 4.81. The van der Waals surface area contributed by atoms with Crippen LogP contribution in [-0.4, -0.2) is 54.5 Å². The van der Waals surface area contributed by atoms with E-state index in [0.29, 0.717) is 12.5 Å². The van der Waals surface area contributed by atoms with Crippen LogP contribution in [-0.2, 0) is 0 Å². The fraction of sp³-hybridized carbons (Fsp3) is 0.444. The second-order valence-electron chi connectivity index (χ2n) is 6.97. The zero-order chi connectivity index (χ0) is 17.6. The molecule has 0 spiro atoms. The third-order valence-electron chi connectivity index (χ3n) is 5.17. The Bertz CT molecular complexity index is 766. The van der Waals surface area contributed by atoms with E-state index < -0.39 is 0 Å². The summed E-state index contributed by atoms with van der Waals surface area (Å²) in [6.07, 6.45) is 1.82. The minimum absolute atomic E-state index is 0.00976. The van der Waals surface area contributed by atoms with E-state index in [4.69, 9.17) is 0 Å². The zero-order valence-corrected chi connectivity index (χ0v) is 15.1. The van der Waals surface area contributed by atoms with Crippen LogP contribution in [0.4, 0.5) is 14.3 Å². The number of hydrogen-bond donors (Lipinski definition) is 0. The van der Waals surface area contributed by atoms with Crippen molar-refractivity contribution < 1.29 is 9.18 Å². The predicted octanol–water partition coefficient (Wildman–Crippen LogP) is 3.07. The van der Waals surface area contributed by atoms with Crippen LogP contribution in [0.25, 0.3) is 0 Å². The molecule has 2 aliphatic rings. The average Bonchev–Trinajstić information content (AvgIpc) is 3.28. The van der Waals surface area contributed by atoms with Gasteiger partial charge in [0.1, 0.15) is 5.82 Å². The highest BCUT2D eigenvalue weighted by Gasteiger charge is 2.49. The van der Waals surface area contributed by atoms with Crippen molar-refractivity contribution in [1.82, 2.24) is 14.8 Å². The molecule has 0 bridgehead atoms. The van der Waals surface area contributed by atoms with Gasteiger partial charge in [0.15, 0.2) is 5.13 Å². The van der Waals surface area contributed by atoms with Gasteiger partial charge in [-0.2, -0.15) is 0 Å². The van der Waals surface area contributed by atoms with E-state index in [9.17, 15) is 9.18 Å². The fourth-order valence-electron chi connectivity index (χ4n) is 4.14. The highest BCUT2D eigenvalue weighted by atomic mass is 32.1. The lowest BCUT2D eigenvalue weighted by atomic mass is 9.89. The number of aromatic nitrogens is 1. The van der Waals surface area contributed by atoms with Gasteiger partial charge in [-0.3, -0.25) is 0 Å². The summed E-state index contributed by atoms with van der Waals surface area (Å²) in [5.74, 6) is 0.406. The molecule has 7 heteroatoms. The minimum atomic E-state index is -0.257. The molecule has 25 heavy (non-hydrogen) atoms. The van der Waals surface area contributed by atoms with Gasteiger partial charge >= 0.3 is 6.03 Å². The number of urea groups is 1. The molecule has 0 saturated carbocycles. The molecule has 2 fully saturated rings. The van der Waals surface area contributed by atoms with E-state index in [-0.39, 0.29) is 23.8 Å². The molecular weight excluding hydrogens is 339 g/mol. The van der Waals surface area contributed by atoms with Gasteiger partial charge in [0.05, 0.1) is 6.04 Å². The van der Waals surface area contributed by atoms with Crippen LogP contribution >= 0.6 is 11.3 Å². The van der Waals surface area contributed by atoms with Crippen molar-refractivity contribution in [2.75, 3.05) is 38.6 Å². The van der Waals surface area contributed by atoms with Crippen LogP contribution in [0.1, 0.15) is 11.6 Å². The van der Waals surface area contributed by atoms with Crippen molar-refractivity contribution >= 4 is 22.5 Å². The van der Waals surface area contributed by atoms with Crippen molar-refractivity contribution in [2.45, 2.75) is 6.04 Å². The van der Waals surface area contributed by atoms with Crippen molar-refractivity contribution in [1.29, 1.82) is 0 Å². The topological polar surface area (TPSA) is 39.7 Å². The number of halogens is 1. The number of hydrogen-bond acceptors (Lipinski definition) is 4. The maximum absolute atomic E-state index is 13.8. The van der Waals surface area contributed by atoms with Crippen LogP contribution in [0, 0.1) is 17.7 Å². The number of likely N-dealkylation sites (tertiary alicyclic amines) is 1. The summed E-state index contributed by atoms with van der Waals surface area (Å²) in [5.41, 5.74) is 0.878. The van der Waals surface area contributed by atoms with Crippen molar-refractivity contribution in [2.24, 2.45) is 11.8 Å². The monoisotopic (exact) mass is 360 g/mol. The molecule has 0 aliphatic carbocycles. The molecule has 0 unspecified atom stereocenters. The molecular formula is C18H21FN4OS. The molecule has 0 N–H and O–H groups in total. The largest absolute Gasteiger partial charge is 0.347 e. The number of anilines is 1. The summed E-state index contributed by atoms with van der Waals surface area (Å²) in [6, 6.07) is 6.56. The smallest absolute Gasteiger partial charge is 0.320 e. The normalized spacial score (nSPS) is 25.3. The quantitative estimate of drug-likeness (QED) is 0.826. The number of nitrogens with zero attached hydrogens (tertiary/aromatic N) is 4. The van der Waals surface area contributed by atoms with Gasteiger partial charge in [-0.25, -0.2) is 14.2 Å². The summed E-state index contributed by atoms with van der Waals surface area (Å²) in [7, 11) is 3.53. The second-order valence-corrected chi connectivity index (χ2v) is 7.85. The SMILES string of the molecule is CN(C)C(=O)N1C[C@H]2CN(c3nccs3)C[C@H]2[C@@H]1c1cccc(F)c1. The summed E-state index contributed by atoms with van der Waals surface area (Å²) in [4.78, 5) is 22.9. The first kappa shape index (κ1) is 16.3. The summed E-state index contributed by atoms with van der Waals surface area (Å²) >= 11 is 1.64. The Kier molecular flexibility index (Phi) is 4.11. The summed E-state index contributed by atoms with van der Waals surface area (Å²) < 4.78 is 13.8. The molecule has 1 aromatic heterocycles. The molecule has 3 atom stereocenters. The number of carbonyl (C=O) groups is 1. The Hall–Kier alpha value is -2.15. The minimum Gasteiger partial charge on any atom is -0.347 e. The van der Waals surface area contributed by atoms with Gasteiger partial charge in [-0.05, 0) is 17.7 Å². The zero-order valence-electron chi connectivity index (χ0n) is 14.3. The molecule has 0 radical (unpaired) electrons. The molecule has 132 valence electrons. The molecule has 2 amide bonds. The van der Waals surface area contributed by atoms with E-state index in [1.165, 1.54) is 6.07 Å². The maximum atomic E-state index is 13.8. The first-order valence-corrected chi connectivity index (χ1v) is 9.30. The van der Waals surface area contributed by atoms with Crippen LogP contribution < -0.4 is 4.90 Å². The highest BCUT2D eigenvalue weighted by molar-refractivity contribution is 7.13. The average molecular weight is 360 g/mol. The first-order chi connectivity index (χ1) is 12.0. The van der Waals surface area contributed by atoms with Crippen LogP contribution in [0.15, 0.2) is 35.8 Å². The summed E-state index contributed by atoms with van der Waals surface area (Å²) in [6.45, 7) is 2.43. The van der Waals surface area contributed by atoms with Gasteiger partial charge in [-0.15, -0.1) is 11.3 Å². The van der Waals surface area contributed by atoms with Gasteiger partial charge < -0.3 is 14.7 Å². The molecule has 4 rings (SSSR count). The first-order valence-electron chi connectivity index (χ1n) is 8.42. The Morgan fingerprint density at radius 1 is 1.32 bits per heavy atom. The third kappa shape index (κ3) is 2.86. The lowest BCUT2D eigenvalue weighted by Gasteiger charge is -2.31. The molecule has 1 aromatic carbocycles. The second kappa shape index (κ2) is 6.29. The van der Waals surface area contributed by atoms with E-state index in [2.05, 4.69) is 9.88 Å². The Labute approximate surface area is 150 Å². The number of thiazole rings is 1. The molecule has 5 nitrogen and oxygen atoms in total. The number of carbonyl (C=O) groups excluding carboxylic acids is 1. The lowest BCUT2D eigenvalue weighted by Crippen LogP contribution is -2.41. The standard InChI is InChI=1S/C18H21FN4OS/c1-21(2)18(24)23-10-13-9-22(17-20-6-7-25-17)11-15(13)16(23)12-4-3-5-14(19)8-12/h3-8,13,15-16H,9-11H2,1-2H3/t13-,15-,16+/m1/s1. The number of amides is 2. The third-order valence-corrected chi connectivity index (χ3v) is 6.00. The Balaban J connectivity index is 1.66. The van der Waals surface area contributed by atoms with Gasteiger partial charge in [0.2, 0.25) is 0 Å². The number of benzene rings is 1. The van der Waals surface area contributed by atoms with Crippen LogP contribution in [0.5, 0.6) is 0 Å². The van der Waals surface area contributed by atoms with Crippen LogP contribution in [0.3, 0.4) is 0 Å². The van der Waals surface area contributed by atoms with Crippen molar-refractivity contribution in [3.8, 4) is 0 Å². The lowest BCUT2D eigenvalue weighted by molar-refractivity contribution is 0.159. The Morgan fingerprint density at radius 2 is 2.16 bits per heavy atom. The van der Waals surface area contributed by atoms with Crippen LogP contribution in [0.2, 0.25) is 0 Å². The molecule has 2 aliphatic heterocycles.